The van der Waals surface area contributed by atoms with E-state index in [0.29, 0.717) is 5.92 Å². The molecule has 1 saturated carbocycles. The number of ether oxygens (including phenoxy) is 1. The quantitative estimate of drug-likeness (QED) is 0.733. The van der Waals surface area contributed by atoms with Gasteiger partial charge in [-0.15, -0.1) is 12.4 Å². The molecule has 1 aliphatic rings. The summed E-state index contributed by atoms with van der Waals surface area (Å²) in [5.74, 6) is 1.04. The van der Waals surface area contributed by atoms with Crippen LogP contribution in [0.15, 0.2) is 54.6 Å². The van der Waals surface area contributed by atoms with Gasteiger partial charge in [-0.2, -0.15) is 0 Å². The lowest BCUT2D eigenvalue weighted by atomic mass is 9.91. The number of carbonyl (C=O) groups is 1. The van der Waals surface area contributed by atoms with Gasteiger partial charge in [-0.1, -0.05) is 56.3 Å². The lowest BCUT2D eigenvalue weighted by Gasteiger charge is -2.28. The Morgan fingerprint density at radius 2 is 1.64 bits per heavy atom. The maximum Gasteiger partial charge on any atom is 0.266 e. The van der Waals surface area contributed by atoms with Gasteiger partial charge in [0.1, 0.15) is 5.75 Å². The Hall–Kier alpha value is -2.04. The molecule has 0 spiro atoms. The summed E-state index contributed by atoms with van der Waals surface area (Å²) in [6.07, 6.45) is 3.11. The molecule has 1 amide bonds. The average molecular weight is 403 g/mol. The van der Waals surface area contributed by atoms with E-state index in [9.17, 15) is 4.79 Å². The smallest absolute Gasteiger partial charge is 0.266 e. The summed E-state index contributed by atoms with van der Waals surface area (Å²) in [5, 5.41) is 3.18. The first-order valence-electron chi connectivity index (χ1n) is 9.90. The molecular formula is C23H31ClN2O2. The molecule has 0 radical (unpaired) electrons. The lowest BCUT2D eigenvalue weighted by molar-refractivity contribution is -0.129. The highest BCUT2D eigenvalue weighted by Gasteiger charge is 2.27. The largest absolute Gasteiger partial charge is 0.476 e. The second kappa shape index (κ2) is 10.5. The summed E-state index contributed by atoms with van der Waals surface area (Å²) in [5.41, 5.74) is 8.04. The Bertz CT molecular complexity index is 743. The van der Waals surface area contributed by atoms with Gasteiger partial charge < -0.3 is 15.8 Å². The van der Waals surface area contributed by atoms with Crippen LogP contribution in [0.25, 0.3) is 0 Å². The Morgan fingerprint density at radius 3 is 2.29 bits per heavy atom. The molecule has 2 aromatic carbocycles. The third-order valence-corrected chi connectivity index (χ3v) is 5.24. The van der Waals surface area contributed by atoms with Crippen molar-refractivity contribution < 1.29 is 9.53 Å². The van der Waals surface area contributed by atoms with Gasteiger partial charge in [-0.25, -0.2) is 0 Å². The number of hydrogen-bond donors (Lipinski definition) is 2. The second-order valence-electron chi connectivity index (χ2n) is 7.76. The van der Waals surface area contributed by atoms with Crippen LogP contribution in [0.4, 0.5) is 0 Å². The van der Waals surface area contributed by atoms with Crippen LogP contribution in [0.2, 0.25) is 0 Å². The Labute approximate surface area is 174 Å². The Kier molecular flexibility index (Phi) is 8.34. The van der Waals surface area contributed by atoms with Crippen LogP contribution in [-0.4, -0.2) is 18.0 Å². The van der Waals surface area contributed by atoms with Gasteiger partial charge in [0.25, 0.3) is 5.91 Å². The van der Waals surface area contributed by atoms with Crippen molar-refractivity contribution in [2.45, 2.75) is 63.6 Å². The van der Waals surface area contributed by atoms with Crippen molar-refractivity contribution in [2.75, 3.05) is 0 Å². The Morgan fingerprint density at radius 1 is 1.00 bits per heavy atom. The second-order valence-corrected chi connectivity index (χ2v) is 7.76. The summed E-state index contributed by atoms with van der Waals surface area (Å²) < 4.78 is 6.18. The van der Waals surface area contributed by atoms with Crippen molar-refractivity contribution in [2.24, 2.45) is 5.73 Å². The van der Waals surface area contributed by atoms with Gasteiger partial charge in [0.15, 0.2) is 0 Å². The van der Waals surface area contributed by atoms with Crippen molar-refractivity contribution in [1.82, 2.24) is 5.32 Å². The van der Waals surface area contributed by atoms with Crippen LogP contribution in [0, 0.1) is 0 Å². The first-order valence-corrected chi connectivity index (χ1v) is 9.90. The third kappa shape index (κ3) is 5.98. The fourth-order valence-electron chi connectivity index (χ4n) is 3.52. The minimum atomic E-state index is -0.663. The van der Waals surface area contributed by atoms with E-state index in [1.165, 1.54) is 5.56 Å². The molecule has 28 heavy (non-hydrogen) atoms. The number of nitrogens with two attached hydrogens (primary N) is 1. The molecule has 0 heterocycles. The SMILES string of the molecule is CC(C)c1cccc(OC(C(=O)NC2CCC(N)CC2)c2ccccc2)c1.Cl. The fourth-order valence-corrected chi connectivity index (χ4v) is 3.52. The minimum absolute atomic E-state index is 0. The summed E-state index contributed by atoms with van der Waals surface area (Å²) in [6, 6.07) is 18.1. The number of benzene rings is 2. The maximum atomic E-state index is 13.0. The van der Waals surface area contributed by atoms with Gasteiger partial charge in [-0.3, -0.25) is 4.79 Å². The standard InChI is InChI=1S/C23H30N2O2.ClH/c1-16(2)18-9-6-10-21(15-18)27-22(17-7-4-3-5-8-17)23(26)25-20-13-11-19(24)12-14-20;/h3-10,15-16,19-20,22H,11-14,24H2,1-2H3,(H,25,26);1H. The monoisotopic (exact) mass is 402 g/mol. The minimum Gasteiger partial charge on any atom is -0.476 e. The zero-order valence-electron chi connectivity index (χ0n) is 16.6. The van der Waals surface area contributed by atoms with Crippen LogP contribution in [0.3, 0.4) is 0 Å². The molecule has 4 nitrogen and oxygen atoms in total. The summed E-state index contributed by atoms with van der Waals surface area (Å²) in [6.45, 7) is 4.29. The first-order chi connectivity index (χ1) is 13.0. The molecule has 0 saturated heterocycles. The van der Waals surface area contributed by atoms with Crippen molar-refractivity contribution in [3.63, 3.8) is 0 Å². The van der Waals surface area contributed by atoms with E-state index < -0.39 is 6.10 Å². The molecular weight excluding hydrogens is 372 g/mol. The third-order valence-electron chi connectivity index (χ3n) is 5.24. The number of hydrogen-bond acceptors (Lipinski definition) is 3. The van der Waals surface area contributed by atoms with Gasteiger partial charge >= 0.3 is 0 Å². The molecule has 1 fully saturated rings. The van der Waals surface area contributed by atoms with Gasteiger partial charge in [0, 0.05) is 17.6 Å². The van der Waals surface area contributed by atoms with Gasteiger partial charge in [0.2, 0.25) is 6.10 Å². The molecule has 0 aliphatic heterocycles. The van der Waals surface area contributed by atoms with E-state index in [0.717, 1.165) is 37.0 Å². The van der Waals surface area contributed by atoms with E-state index in [-0.39, 0.29) is 30.4 Å². The summed E-state index contributed by atoms with van der Waals surface area (Å²) in [7, 11) is 0. The number of amides is 1. The summed E-state index contributed by atoms with van der Waals surface area (Å²) in [4.78, 5) is 13.0. The highest BCUT2D eigenvalue weighted by atomic mass is 35.5. The maximum absolute atomic E-state index is 13.0. The van der Waals surface area contributed by atoms with Crippen LogP contribution in [0.1, 0.15) is 62.7 Å². The molecule has 5 heteroatoms. The fraction of sp³-hybridized carbons (Fsp3) is 0.435. The number of rotatable bonds is 6. The molecule has 0 aromatic heterocycles. The topological polar surface area (TPSA) is 64.3 Å². The van der Waals surface area contributed by atoms with Crippen molar-refractivity contribution in [3.05, 3.63) is 65.7 Å². The van der Waals surface area contributed by atoms with E-state index in [4.69, 9.17) is 10.5 Å². The van der Waals surface area contributed by atoms with Crippen molar-refractivity contribution in [3.8, 4) is 5.75 Å². The number of halogens is 1. The molecule has 3 rings (SSSR count). The van der Waals surface area contributed by atoms with Crippen molar-refractivity contribution >= 4 is 18.3 Å². The highest BCUT2D eigenvalue weighted by Crippen LogP contribution is 2.26. The van der Waals surface area contributed by atoms with Crippen LogP contribution in [-0.2, 0) is 4.79 Å². The van der Waals surface area contributed by atoms with Gasteiger partial charge in [-0.05, 0) is 49.3 Å². The van der Waals surface area contributed by atoms with E-state index in [1.807, 2.05) is 48.5 Å². The van der Waals surface area contributed by atoms with E-state index >= 15 is 0 Å². The zero-order chi connectivity index (χ0) is 19.2. The molecule has 1 unspecified atom stereocenters. The molecule has 2 aromatic rings. The molecule has 1 atom stereocenters. The highest BCUT2D eigenvalue weighted by molar-refractivity contribution is 5.85. The van der Waals surface area contributed by atoms with Crippen LogP contribution < -0.4 is 15.8 Å². The number of carbonyl (C=O) groups excluding carboxylic acids is 1. The molecule has 1 aliphatic carbocycles. The van der Waals surface area contributed by atoms with Crippen LogP contribution in [0.5, 0.6) is 5.75 Å². The number of nitrogens with one attached hydrogen (secondary N) is 1. The average Bonchev–Trinajstić information content (AvgIpc) is 2.68. The first kappa shape index (κ1) is 22.3. The lowest BCUT2D eigenvalue weighted by Crippen LogP contribution is -2.43. The van der Waals surface area contributed by atoms with Crippen LogP contribution >= 0.6 is 12.4 Å². The Balaban J connectivity index is 0.00000280. The van der Waals surface area contributed by atoms with Gasteiger partial charge in [0.05, 0.1) is 0 Å². The molecule has 0 bridgehead atoms. The van der Waals surface area contributed by atoms with E-state index in [2.05, 4.69) is 25.2 Å². The normalized spacial score (nSPS) is 20.1. The molecule has 152 valence electrons. The predicted molar refractivity (Wildman–Crippen MR) is 116 cm³/mol. The molecule has 3 N–H and O–H groups in total. The zero-order valence-corrected chi connectivity index (χ0v) is 17.5. The van der Waals surface area contributed by atoms with E-state index in [1.54, 1.807) is 0 Å². The predicted octanol–water partition coefficient (Wildman–Crippen LogP) is 4.74. The summed E-state index contributed by atoms with van der Waals surface area (Å²) >= 11 is 0. The van der Waals surface area contributed by atoms with Crippen molar-refractivity contribution in [1.29, 1.82) is 0 Å².